The number of nitrogens with zero attached hydrogens (tertiary/aromatic N) is 6. The van der Waals surface area contributed by atoms with Gasteiger partial charge in [-0.25, -0.2) is 24.2 Å². The number of unbranched alkanes of at least 4 members (excludes halogenated alkanes) is 2. The molecule has 70 heavy (non-hydrogen) atoms. The number of carbonyl (C=O) groups excluding carboxylic acids is 4. The number of nitrogen functional groups attached to an aromatic ring is 2. The van der Waals surface area contributed by atoms with E-state index in [4.69, 9.17) is 42.9 Å². The number of benzene rings is 5. The molecule has 0 bridgehead atoms. The number of hydrogen-bond donors (Lipinski definition) is 4. The number of isocyanates is 4. The molecule has 0 aliphatic heterocycles. The zero-order valence-corrected chi connectivity index (χ0v) is 39.2. The highest BCUT2D eigenvalue weighted by molar-refractivity contribution is 5.66. The highest BCUT2D eigenvalue weighted by Crippen LogP contribution is 2.39. The molecule has 2 aliphatic rings. The molecule has 5 aromatic carbocycles. The molecule has 2 fully saturated rings. The third kappa shape index (κ3) is 22.5. The van der Waals surface area contributed by atoms with Crippen molar-refractivity contribution in [2.45, 2.75) is 89.2 Å². The van der Waals surface area contributed by atoms with Crippen molar-refractivity contribution >= 4 is 52.8 Å². The van der Waals surface area contributed by atoms with E-state index in [0.717, 1.165) is 92.4 Å². The van der Waals surface area contributed by atoms with Crippen molar-refractivity contribution in [3.05, 3.63) is 132 Å². The molecule has 0 spiro atoms. The molecule has 2 saturated carbocycles. The van der Waals surface area contributed by atoms with Crippen molar-refractivity contribution in [1.29, 1.82) is 10.5 Å². The molecular formula is C54H60N10O6. The van der Waals surface area contributed by atoms with Crippen LogP contribution in [0.3, 0.4) is 0 Å². The molecule has 0 amide bonds. The van der Waals surface area contributed by atoms with Crippen molar-refractivity contribution in [2.75, 3.05) is 24.6 Å². The van der Waals surface area contributed by atoms with Gasteiger partial charge in [-0.2, -0.15) is 20.2 Å². The van der Waals surface area contributed by atoms with Gasteiger partial charge in [0.2, 0.25) is 24.3 Å². The first-order valence-electron chi connectivity index (χ1n) is 23.0. The molecule has 0 saturated heterocycles. The maximum absolute atomic E-state index is 10.2. The maximum atomic E-state index is 10.2. The molecule has 362 valence electrons. The molecule has 16 heteroatoms. The smallest absolute Gasteiger partial charge is 0.292 e. The van der Waals surface area contributed by atoms with E-state index >= 15 is 0 Å². The predicted molar refractivity (Wildman–Crippen MR) is 271 cm³/mol. The van der Waals surface area contributed by atoms with Crippen molar-refractivity contribution in [1.82, 2.24) is 0 Å². The van der Waals surface area contributed by atoms with Gasteiger partial charge in [-0.15, -0.1) is 5.26 Å². The summed E-state index contributed by atoms with van der Waals surface area (Å²) in [6, 6.07) is 36.8. The SMILES string of the molecule is N#COC1CCC(C2CCC(N=C=O)CC2)CC1.N#COc1ccc(-c2ccc(N=C=O)cc2)cc1.NCCCCCN.Nc1ccc(Cc2ccc(N)cc2)cc1.O=C=Nc1cccc(N=C=O)c1. The van der Waals surface area contributed by atoms with Crippen molar-refractivity contribution in [2.24, 2.45) is 43.3 Å². The number of ether oxygens (including phenoxy) is 2. The van der Waals surface area contributed by atoms with Crippen molar-refractivity contribution in [3.63, 3.8) is 0 Å². The van der Waals surface area contributed by atoms with Crippen LogP contribution in [0.2, 0.25) is 0 Å². The summed E-state index contributed by atoms with van der Waals surface area (Å²) in [5.41, 5.74) is 29.2. The van der Waals surface area contributed by atoms with Gasteiger partial charge in [-0.1, -0.05) is 61.0 Å². The molecule has 5 aromatic rings. The summed E-state index contributed by atoms with van der Waals surface area (Å²) in [7, 11) is 0. The Morgan fingerprint density at radius 3 is 1.40 bits per heavy atom. The van der Waals surface area contributed by atoms with Gasteiger partial charge >= 0.3 is 0 Å². The molecule has 0 heterocycles. The minimum Gasteiger partial charge on any atom is -0.424 e. The van der Waals surface area contributed by atoms with Gasteiger partial charge in [0, 0.05) is 11.4 Å². The minimum absolute atomic E-state index is 0.155. The highest BCUT2D eigenvalue weighted by atomic mass is 16.5. The van der Waals surface area contributed by atoms with E-state index in [9.17, 15) is 19.2 Å². The zero-order chi connectivity index (χ0) is 50.6. The fraction of sp³-hybridized carbons (Fsp3) is 0.333. The standard InChI is InChI=1S/C14H20N2O2.C14H8N2O2.C13H14N2.C8H4N2O2.C5H14N2/c2*15-9-18-14-7-3-12(4-8-14)11-1-5-13(6-2-11)16-10-17;14-12-5-1-10(2-6-12)9-11-3-7-13(15)8-4-11;11-5-9-7-2-1-3-8(4-7)10-6-12;6-4-2-1-3-5-7/h11-14H,1-8H2;1-8H;1-8H,9,14-15H2;1-4H;1-7H2. The summed E-state index contributed by atoms with van der Waals surface area (Å²) in [4.78, 5) is 54.1. The zero-order valence-electron chi connectivity index (χ0n) is 39.2. The second-order valence-corrected chi connectivity index (χ2v) is 16.2. The van der Waals surface area contributed by atoms with E-state index in [2.05, 4.69) is 20.0 Å². The van der Waals surface area contributed by atoms with Crippen LogP contribution in [0.5, 0.6) is 5.75 Å². The highest BCUT2D eigenvalue weighted by Gasteiger charge is 2.31. The summed E-state index contributed by atoms with van der Waals surface area (Å²) >= 11 is 0. The van der Waals surface area contributed by atoms with Crippen LogP contribution in [0.25, 0.3) is 11.1 Å². The Bertz CT molecular complexity index is 2470. The molecule has 7 rings (SSSR count). The number of hydrogen-bond acceptors (Lipinski definition) is 16. The first-order valence-corrected chi connectivity index (χ1v) is 23.0. The van der Waals surface area contributed by atoms with Crippen LogP contribution in [0.15, 0.2) is 141 Å². The van der Waals surface area contributed by atoms with Crippen LogP contribution in [-0.4, -0.2) is 49.6 Å². The maximum Gasteiger partial charge on any atom is 0.292 e. The van der Waals surface area contributed by atoms with E-state index in [-0.39, 0.29) is 12.1 Å². The number of aliphatic imine (C=N–C) groups is 4. The van der Waals surface area contributed by atoms with E-state index < -0.39 is 0 Å². The Labute approximate surface area is 409 Å². The van der Waals surface area contributed by atoms with Gasteiger partial charge in [0.15, 0.2) is 0 Å². The fourth-order valence-corrected chi connectivity index (χ4v) is 7.79. The lowest BCUT2D eigenvalue weighted by Crippen LogP contribution is -2.28. The van der Waals surface area contributed by atoms with Gasteiger partial charge in [0.05, 0.1) is 23.1 Å². The monoisotopic (exact) mass is 944 g/mol. The van der Waals surface area contributed by atoms with Crippen LogP contribution in [0.4, 0.5) is 28.4 Å². The summed E-state index contributed by atoms with van der Waals surface area (Å²) in [6.07, 6.45) is 22.7. The Hall–Kier alpha value is -8.28. The van der Waals surface area contributed by atoms with E-state index in [1.54, 1.807) is 61.1 Å². The van der Waals surface area contributed by atoms with Gasteiger partial charge in [-0.05, 0) is 185 Å². The normalized spacial score (nSPS) is 16.1. The van der Waals surface area contributed by atoms with Crippen LogP contribution >= 0.6 is 0 Å². The van der Waals surface area contributed by atoms with E-state index in [0.29, 0.717) is 22.8 Å². The average Bonchev–Trinajstić information content (AvgIpc) is 3.38. The molecule has 2 aliphatic carbocycles. The van der Waals surface area contributed by atoms with Crippen LogP contribution in [0, 0.1) is 34.9 Å². The largest absolute Gasteiger partial charge is 0.424 e. The van der Waals surface area contributed by atoms with Crippen LogP contribution in [-0.2, 0) is 30.3 Å². The second kappa shape index (κ2) is 34.1. The Morgan fingerprint density at radius 1 is 0.514 bits per heavy atom. The first kappa shape index (κ1) is 56.0. The van der Waals surface area contributed by atoms with Crippen LogP contribution in [0.1, 0.15) is 81.8 Å². The quantitative estimate of drug-likeness (QED) is 0.0266. The van der Waals surface area contributed by atoms with Crippen molar-refractivity contribution < 1.29 is 28.7 Å². The van der Waals surface area contributed by atoms with E-state index in [1.165, 1.54) is 67.5 Å². The summed E-state index contributed by atoms with van der Waals surface area (Å²) in [6.45, 7) is 1.61. The number of nitriles is 2. The Balaban J connectivity index is 0.000000238. The minimum atomic E-state index is 0.155. The van der Waals surface area contributed by atoms with Crippen LogP contribution < -0.4 is 27.7 Å². The topological polar surface area (TPSA) is 288 Å². The predicted octanol–water partition coefficient (Wildman–Crippen LogP) is 10.3. The number of anilines is 2. The van der Waals surface area contributed by atoms with Gasteiger partial charge in [0.1, 0.15) is 11.9 Å². The van der Waals surface area contributed by atoms with Gasteiger partial charge < -0.3 is 32.4 Å². The first-order chi connectivity index (χ1) is 34.2. The molecule has 0 aromatic heterocycles. The lowest BCUT2D eigenvalue weighted by molar-refractivity contribution is 0.0757. The molecule has 16 nitrogen and oxygen atoms in total. The lowest BCUT2D eigenvalue weighted by atomic mass is 9.72. The molecular weight excluding hydrogens is 885 g/mol. The fourth-order valence-electron chi connectivity index (χ4n) is 7.79. The summed E-state index contributed by atoms with van der Waals surface area (Å²) in [5, 5.41) is 16.9. The number of nitrogens with two attached hydrogens (primary N) is 4. The lowest BCUT2D eigenvalue weighted by Gasteiger charge is -2.36. The molecule has 8 N–H and O–H groups in total. The van der Waals surface area contributed by atoms with E-state index in [1.807, 2.05) is 72.8 Å². The molecule has 0 radical (unpaired) electrons. The molecule has 0 atom stereocenters. The number of rotatable bonds is 14. The van der Waals surface area contributed by atoms with Gasteiger partial charge in [-0.3, -0.25) is 0 Å². The van der Waals surface area contributed by atoms with Crippen molar-refractivity contribution in [3.8, 4) is 29.4 Å². The molecule has 0 unspecified atom stereocenters. The summed E-state index contributed by atoms with van der Waals surface area (Å²) < 4.78 is 9.71. The Kier molecular flexibility index (Phi) is 27.3. The third-order valence-corrected chi connectivity index (χ3v) is 11.4. The summed E-state index contributed by atoms with van der Waals surface area (Å²) in [5.74, 6) is 2.07. The Morgan fingerprint density at radius 2 is 0.971 bits per heavy atom. The second-order valence-electron chi connectivity index (χ2n) is 16.2. The van der Waals surface area contributed by atoms with Gasteiger partial charge in [0.25, 0.3) is 12.5 Å². The third-order valence-electron chi connectivity index (χ3n) is 11.4. The average molecular weight is 945 g/mol.